The SMILES string of the molecule is Cc1ccc(Br)c([C@@H](N)c2ccc(OC(F)(F)F)cc2)c1O.Cl. The van der Waals surface area contributed by atoms with E-state index < -0.39 is 12.4 Å². The fourth-order valence-electron chi connectivity index (χ4n) is 2.03. The van der Waals surface area contributed by atoms with Gasteiger partial charge in [-0.05, 0) is 36.2 Å². The van der Waals surface area contributed by atoms with Gasteiger partial charge in [-0.3, -0.25) is 0 Å². The summed E-state index contributed by atoms with van der Waals surface area (Å²) >= 11 is 3.32. The van der Waals surface area contributed by atoms with Gasteiger partial charge in [-0.2, -0.15) is 0 Å². The molecule has 8 heteroatoms. The Morgan fingerprint density at radius 3 is 2.22 bits per heavy atom. The predicted octanol–water partition coefficient (Wildman–Crippen LogP) is 4.83. The summed E-state index contributed by atoms with van der Waals surface area (Å²) in [6.07, 6.45) is -4.73. The Morgan fingerprint density at radius 1 is 1.13 bits per heavy atom. The number of nitrogens with two attached hydrogens (primary N) is 1. The number of hydrogen-bond acceptors (Lipinski definition) is 3. The molecule has 0 radical (unpaired) electrons. The van der Waals surface area contributed by atoms with Crippen LogP contribution in [-0.4, -0.2) is 11.5 Å². The number of aryl methyl sites for hydroxylation is 1. The monoisotopic (exact) mass is 411 g/mol. The molecule has 0 aromatic heterocycles. The number of rotatable bonds is 3. The molecular weight excluding hydrogens is 399 g/mol. The Bertz CT molecular complexity index is 678. The molecule has 0 fully saturated rings. The predicted molar refractivity (Wildman–Crippen MR) is 86.9 cm³/mol. The Labute approximate surface area is 145 Å². The number of phenols is 1. The zero-order valence-electron chi connectivity index (χ0n) is 11.9. The first-order valence-electron chi connectivity index (χ1n) is 6.28. The van der Waals surface area contributed by atoms with Crippen molar-refractivity contribution in [2.45, 2.75) is 19.3 Å². The molecule has 0 amide bonds. The lowest BCUT2D eigenvalue weighted by Gasteiger charge is -2.18. The molecule has 0 bridgehead atoms. The van der Waals surface area contributed by atoms with Crippen LogP contribution >= 0.6 is 28.3 Å². The van der Waals surface area contributed by atoms with Crippen molar-refractivity contribution in [3.63, 3.8) is 0 Å². The Kier molecular flexibility index (Phi) is 6.33. The lowest BCUT2D eigenvalue weighted by atomic mass is 9.97. The highest BCUT2D eigenvalue weighted by atomic mass is 79.9. The van der Waals surface area contributed by atoms with Gasteiger partial charge in [0.05, 0.1) is 6.04 Å². The standard InChI is InChI=1S/C15H13BrF3NO2.ClH/c1-8-2-7-11(16)12(14(8)21)13(20)9-3-5-10(6-4-9)22-15(17,18)19;/h2-7,13,21H,20H2,1H3;1H/t13-;/m0./s1. The van der Waals surface area contributed by atoms with Gasteiger partial charge in [0.25, 0.3) is 0 Å². The molecule has 2 aromatic rings. The van der Waals surface area contributed by atoms with Gasteiger partial charge >= 0.3 is 6.36 Å². The Balaban J connectivity index is 0.00000264. The van der Waals surface area contributed by atoms with Crippen LogP contribution in [0.1, 0.15) is 22.7 Å². The minimum absolute atomic E-state index is 0. The minimum atomic E-state index is -4.73. The normalized spacial score (nSPS) is 12.4. The molecule has 0 saturated carbocycles. The van der Waals surface area contributed by atoms with E-state index in [0.29, 0.717) is 21.2 Å². The molecule has 0 aliphatic carbocycles. The van der Waals surface area contributed by atoms with Crippen molar-refractivity contribution < 1.29 is 23.0 Å². The van der Waals surface area contributed by atoms with Crippen molar-refractivity contribution in [2.24, 2.45) is 5.73 Å². The molecule has 126 valence electrons. The third-order valence-corrected chi connectivity index (χ3v) is 3.84. The molecule has 0 heterocycles. The maximum Gasteiger partial charge on any atom is 0.573 e. The Hall–Kier alpha value is -1.44. The first-order chi connectivity index (χ1) is 10.2. The quantitative estimate of drug-likeness (QED) is 0.759. The smallest absolute Gasteiger partial charge is 0.507 e. The third-order valence-electron chi connectivity index (χ3n) is 3.15. The van der Waals surface area contributed by atoms with Gasteiger partial charge in [-0.15, -0.1) is 25.6 Å². The molecule has 0 spiro atoms. The molecule has 3 nitrogen and oxygen atoms in total. The van der Waals surface area contributed by atoms with Crippen molar-refractivity contribution in [1.82, 2.24) is 0 Å². The van der Waals surface area contributed by atoms with Crippen molar-refractivity contribution >= 4 is 28.3 Å². The van der Waals surface area contributed by atoms with Crippen LogP contribution in [0.3, 0.4) is 0 Å². The number of ether oxygens (including phenoxy) is 1. The van der Waals surface area contributed by atoms with Gasteiger partial charge in [0.15, 0.2) is 0 Å². The summed E-state index contributed by atoms with van der Waals surface area (Å²) in [4.78, 5) is 0. The summed E-state index contributed by atoms with van der Waals surface area (Å²) in [5.41, 5.74) is 7.80. The van der Waals surface area contributed by atoms with Gasteiger partial charge in [-0.25, -0.2) is 0 Å². The number of benzene rings is 2. The molecule has 1 atom stereocenters. The van der Waals surface area contributed by atoms with E-state index in [1.807, 2.05) is 0 Å². The van der Waals surface area contributed by atoms with Crippen molar-refractivity contribution in [1.29, 1.82) is 0 Å². The second kappa shape index (κ2) is 7.42. The summed E-state index contributed by atoms with van der Waals surface area (Å²) < 4.78 is 40.8. The summed E-state index contributed by atoms with van der Waals surface area (Å²) in [5.74, 6) is -0.270. The van der Waals surface area contributed by atoms with Crippen LogP contribution in [-0.2, 0) is 0 Å². The summed E-state index contributed by atoms with van der Waals surface area (Å²) in [7, 11) is 0. The molecule has 0 aliphatic heterocycles. The average molecular weight is 413 g/mol. The van der Waals surface area contributed by atoms with Gasteiger partial charge in [0.2, 0.25) is 0 Å². The second-order valence-corrected chi connectivity index (χ2v) is 5.58. The summed E-state index contributed by atoms with van der Waals surface area (Å²) in [6, 6.07) is 8.03. The number of hydrogen-bond donors (Lipinski definition) is 2. The first kappa shape index (κ1) is 19.6. The number of phenolic OH excluding ortho intramolecular Hbond substituents is 1. The fraction of sp³-hybridized carbons (Fsp3) is 0.200. The van der Waals surface area contributed by atoms with Gasteiger partial charge in [0.1, 0.15) is 11.5 Å². The summed E-state index contributed by atoms with van der Waals surface area (Å²) in [6.45, 7) is 1.73. The van der Waals surface area contributed by atoms with Crippen LogP contribution in [0.2, 0.25) is 0 Å². The lowest BCUT2D eigenvalue weighted by Crippen LogP contribution is -2.17. The zero-order chi connectivity index (χ0) is 16.5. The summed E-state index contributed by atoms with van der Waals surface area (Å²) in [5, 5.41) is 10.1. The number of alkyl halides is 3. The molecule has 23 heavy (non-hydrogen) atoms. The molecule has 2 rings (SSSR count). The third kappa shape index (κ3) is 4.76. The minimum Gasteiger partial charge on any atom is -0.507 e. The van der Waals surface area contributed by atoms with E-state index in [2.05, 4.69) is 20.7 Å². The largest absolute Gasteiger partial charge is 0.573 e. The van der Waals surface area contributed by atoms with Crippen LogP contribution in [0.15, 0.2) is 40.9 Å². The molecule has 3 N–H and O–H groups in total. The van der Waals surface area contributed by atoms with E-state index >= 15 is 0 Å². The van der Waals surface area contributed by atoms with Crippen molar-refractivity contribution in [3.8, 4) is 11.5 Å². The Morgan fingerprint density at radius 2 is 1.70 bits per heavy atom. The van der Waals surface area contributed by atoms with E-state index in [9.17, 15) is 18.3 Å². The topological polar surface area (TPSA) is 55.5 Å². The molecule has 0 aliphatic rings. The van der Waals surface area contributed by atoms with Crippen LogP contribution in [0.25, 0.3) is 0 Å². The van der Waals surface area contributed by atoms with Gasteiger partial charge < -0.3 is 15.6 Å². The highest BCUT2D eigenvalue weighted by Crippen LogP contribution is 2.36. The highest BCUT2D eigenvalue weighted by molar-refractivity contribution is 9.10. The maximum absolute atomic E-state index is 12.1. The maximum atomic E-state index is 12.1. The number of halogens is 5. The van der Waals surface area contributed by atoms with Crippen LogP contribution in [0.4, 0.5) is 13.2 Å². The lowest BCUT2D eigenvalue weighted by molar-refractivity contribution is -0.274. The van der Waals surface area contributed by atoms with Gasteiger partial charge in [0, 0.05) is 10.0 Å². The molecular formula is C15H14BrClF3NO2. The van der Waals surface area contributed by atoms with E-state index in [1.165, 1.54) is 24.3 Å². The molecule has 0 saturated heterocycles. The highest BCUT2D eigenvalue weighted by Gasteiger charge is 2.31. The zero-order valence-corrected chi connectivity index (χ0v) is 14.3. The van der Waals surface area contributed by atoms with Crippen LogP contribution < -0.4 is 10.5 Å². The fourth-order valence-corrected chi connectivity index (χ4v) is 2.60. The van der Waals surface area contributed by atoms with Crippen molar-refractivity contribution in [3.05, 3.63) is 57.6 Å². The molecule has 2 aromatic carbocycles. The van der Waals surface area contributed by atoms with Crippen LogP contribution in [0.5, 0.6) is 11.5 Å². The molecule has 0 unspecified atom stereocenters. The second-order valence-electron chi connectivity index (χ2n) is 4.72. The van der Waals surface area contributed by atoms with Crippen LogP contribution in [0, 0.1) is 6.92 Å². The van der Waals surface area contributed by atoms with Crippen molar-refractivity contribution in [2.75, 3.05) is 0 Å². The average Bonchev–Trinajstić information content (AvgIpc) is 2.42. The first-order valence-corrected chi connectivity index (χ1v) is 7.07. The van der Waals surface area contributed by atoms with E-state index in [1.54, 1.807) is 19.1 Å². The number of aromatic hydroxyl groups is 1. The van der Waals surface area contributed by atoms with E-state index in [0.717, 1.165) is 0 Å². The van der Waals surface area contributed by atoms with E-state index in [-0.39, 0.29) is 23.9 Å². The van der Waals surface area contributed by atoms with Gasteiger partial charge in [-0.1, -0.05) is 34.1 Å². The van der Waals surface area contributed by atoms with E-state index in [4.69, 9.17) is 5.73 Å².